The molecule has 0 fully saturated rings. The summed E-state index contributed by atoms with van der Waals surface area (Å²) in [6, 6.07) is 3.85. The van der Waals surface area contributed by atoms with Crippen LogP contribution in [-0.4, -0.2) is 19.7 Å². The fourth-order valence-corrected chi connectivity index (χ4v) is 1.89. The molecule has 0 aliphatic carbocycles. The molecular weight excluding hydrogens is 236 g/mol. The number of halogens is 1. The van der Waals surface area contributed by atoms with Gasteiger partial charge in [-0.25, -0.2) is 0 Å². The summed E-state index contributed by atoms with van der Waals surface area (Å²) in [4.78, 5) is 4.26. The Morgan fingerprint density at radius 1 is 1.24 bits per heavy atom. The standard InChI is InChI=1S/C12H15ClN4/c1-8-9(6-5-7-14-8)17-10(12(2,3)4)15-16-11(17)13/h5-7H,1-4H3. The fourth-order valence-electron chi connectivity index (χ4n) is 1.68. The van der Waals surface area contributed by atoms with Crippen molar-refractivity contribution < 1.29 is 0 Å². The van der Waals surface area contributed by atoms with Crippen LogP contribution in [0.1, 0.15) is 32.3 Å². The van der Waals surface area contributed by atoms with Crippen molar-refractivity contribution in [2.24, 2.45) is 0 Å². The Hall–Kier alpha value is -1.42. The minimum atomic E-state index is -0.123. The molecule has 2 heterocycles. The van der Waals surface area contributed by atoms with Gasteiger partial charge in [0.15, 0.2) is 0 Å². The van der Waals surface area contributed by atoms with Crippen LogP contribution in [0.4, 0.5) is 0 Å². The Morgan fingerprint density at radius 3 is 2.53 bits per heavy atom. The molecule has 0 saturated carbocycles. The van der Waals surface area contributed by atoms with E-state index in [0.717, 1.165) is 17.2 Å². The molecule has 2 aromatic rings. The lowest BCUT2D eigenvalue weighted by Crippen LogP contribution is -2.19. The number of nitrogens with zero attached hydrogens (tertiary/aromatic N) is 4. The quantitative estimate of drug-likeness (QED) is 0.782. The Morgan fingerprint density at radius 2 is 1.94 bits per heavy atom. The summed E-state index contributed by atoms with van der Waals surface area (Å²) >= 11 is 6.12. The molecule has 4 nitrogen and oxygen atoms in total. The molecule has 0 atom stereocenters. The molecule has 0 unspecified atom stereocenters. The molecule has 2 aromatic heterocycles. The lowest BCUT2D eigenvalue weighted by atomic mass is 9.95. The van der Waals surface area contributed by atoms with Crippen LogP contribution in [0.3, 0.4) is 0 Å². The van der Waals surface area contributed by atoms with Gasteiger partial charge < -0.3 is 0 Å². The van der Waals surface area contributed by atoms with E-state index >= 15 is 0 Å². The molecule has 2 rings (SSSR count). The van der Waals surface area contributed by atoms with E-state index in [1.165, 1.54) is 0 Å². The van der Waals surface area contributed by atoms with E-state index in [1.807, 2.05) is 23.6 Å². The maximum absolute atomic E-state index is 6.12. The zero-order chi connectivity index (χ0) is 12.6. The normalized spacial score (nSPS) is 11.8. The highest BCUT2D eigenvalue weighted by Crippen LogP contribution is 2.27. The molecule has 0 N–H and O–H groups in total. The van der Waals surface area contributed by atoms with Crippen molar-refractivity contribution in [2.75, 3.05) is 0 Å². The predicted molar refractivity (Wildman–Crippen MR) is 67.6 cm³/mol. The molecule has 90 valence electrons. The van der Waals surface area contributed by atoms with E-state index in [0.29, 0.717) is 5.28 Å². The molecule has 0 amide bonds. The van der Waals surface area contributed by atoms with Gasteiger partial charge >= 0.3 is 0 Å². The summed E-state index contributed by atoms with van der Waals surface area (Å²) in [6.45, 7) is 8.18. The minimum Gasteiger partial charge on any atom is -0.267 e. The highest BCUT2D eigenvalue weighted by atomic mass is 35.5. The van der Waals surface area contributed by atoms with Gasteiger partial charge in [0.05, 0.1) is 11.4 Å². The Bertz CT molecular complexity index is 540. The summed E-state index contributed by atoms with van der Waals surface area (Å²) in [6.07, 6.45) is 1.76. The summed E-state index contributed by atoms with van der Waals surface area (Å²) in [5.74, 6) is 0.832. The zero-order valence-corrected chi connectivity index (χ0v) is 11.2. The van der Waals surface area contributed by atoms with Crippen molar-refractivity contribution in [3.63, 3.8) is 0 Å². The minimum absolute atomic E-state index is 0.123. The fraction of sp³-hybridized carbons (Fsp3) is 0.417. The second kappa shape index (κ2) is 4.11. The van der Waals surface area contributed by atoms with E-state index in [-0.39, 0.29) is 5.41 Å². The van der Waals surface area contributed by atoms with Gasteiger partial charge in [-0.15, -0.1) is 10.2 Å². The first-order chi connectivity index (χ1) is 7.91. The largest absolute Gasteiger partial charge is 0.267 e. The second-order valence-corrected chi connectivity index (χ2v) is 5.32. The number of pyridine rings is 1. The molecule has 0 aromatic carbocycles. The zero-order valence-electron chi connectivity index (χ0n) is 10.4. The van der Waals surface area contributed by atoms with Gasteiger partial charge in [-0.2, -0.15) is 0 Å². The van der Waals surface area contributed by atoms with Crippen LogP contribution in [0.25, 0.3) is 5.69 Å². The molecular formula is C12H15ClN4. The summed E-state index contributed by atoms with van der Waals surface area (Å²) < 4.78 is 1.85. The molecule has 0 bridgehead atoms. The van der Waals surface area contributed by atoms with Gasteiger partial charge in [0, 0.05) is 11.6 Å². The highest BCUT2D eigenvalue weighted by Gasteiger charge is 2.24. The summed E-state index contributed by atoms with van der Waals surface area (Å²) in [5.41, 5.74) is 1.70. The van der Waals surface area contributed by atoms with E-state index in [1.54, 1.807) is 6.20 Å². The molecule has 17 heavy (non-hydrogen) atoms. The molecule has 0 radical (unpaired) electrons. The SMILES string of the molecule is Cc1ncccc1-n1c(Cl)nnc1C(C)(C)C. The Balaban J connectivity index is 2.68. The first-order valence-electron chi connectivity index (χ1n) is 5.44. The van der Waals surface area contributed by atoms with Crippen molar-refractivity contribution >= 4 is 11.6 Å². The third-order valence-electron chi connectivity index (χ3n) is 2.51. The topological polar surface area (TPSA) is 43.6 Å². The number of aromatic nitrogens is 4. The van der Waals surface area contributed by atoms with Crippen molar-refractivity contribution in [1.29, 1.82) is 0 Å². The van der Waals surface area contributed by atoms with Crippen molar-refractivity contribution in [3.8, 4) is 5.69 Å². The number of aryl methyl sites for hydroxylation is 1. The Kier molecular flexibility index (Phi) is 2.91. The second-order valence-electron chi connectivity index (χ2n) is 4.99. The highest BCUT2D eigenvalue weighted by molar-refractivity contribution is 6.28. The number of hydrogen-bond donors (Lipinski definition) is 0. The third kappa shape index (κ3) is 2.17. The van der Waals surface area contributed by atoms with Crippen molar-refractivity contribution in [2.45, 2.75) is 33.1 Å². The number of rotatable bonds is 1. The predicted octanol–water partition coefficient (Wildman–Crippen LogP) is 2.92. The monoisotopic (exact) mass is 250 g/mol. The van der Waals surface area contributed by atoms with Crippen molar-refractivity contribution in [1.82, 2.24) is 19.7 Å². The summed E-state index contributed by atoms with van der Waals surface area (Å²) in [7, 11) is 0. The van der Waals surface area contributed by atoms with Gasteiger partial charge in [-0.3, -0.25) is 9.55 Å². The van der Waals surface area contributed by atoms with Gasteiger partial charge in [0.2, 0.25) is 5.28 Å². The van der Waals surface area contributed by atoms with Gasteiger partial charge in [-0.05, 0) is 30.7 Å². The molecule has 0 spiro atoms. The number of hydrogen-bond acceptors (Lipinski definition) is 3. The first-order valence-corrected chi connectivity index (χ1v) is 5.82. The van der Waals surface area contributed by atoms with Gasteiger partial charge in [0.25, 0.3) is 0 Å². The van der Waals surface area contributed by atoms with Gasteiger partial charge in [0.1, 0.15) is 5.82 Å². The lowest BCUT2D eigenvalue weighted by molar-refractivity contribution is 0.532. The average Bonchev–Trinajstić information content (AvgIpc) is 2.60. The molecule has 0 aliphatic heterocycles. The van der Waals surface area contributed by atoms with E-state index < -0.39 is 0 Å². The summed E-state index contributed by atoms with van der Waals surface area (Å²) in [5, 5.41) is 8.48. The van der Waals surface area contributed by atoms with Crippen LogP contribution in [0.5, 0.6) is 0 Å². The van der Waals surface area contributed by atoms with Crippen LogP contribution in [-0.2, 0) is 5.41 Å². The van der Waals surface area contributed by atoms with Crippen LogP contribution in [0.2, 0.25) is 5.28 Å². The molecule has 5 heteroatoms. The van der Waals surface area contributed by atoms with Crippen LogP contribution in [0, 0.1) is 6.92 Å². The Labute approximate surface area is 106 Å². The van der Waals surface area contributed by atoms with Crippen LogP contribution < -0.4 is 0 Å². The third-order valence-corrected chi connectivity index (χ3v) is 2.76. The van der Waals surface area contributed by atoms with Crippen LogP contribution in [0.15, 0.2) is 18.3 Å². The van der Waals surface area contributed by atoms with Crippen molar-refractivity contribution in [3.05, 3.63) is 35.1 Å². The van der Waals surface area contributed by atoms with E-state index in [9.17, 15) is 0 Å². The maximum Gasteiger partial charge on any atom is 0.229 e. The van der Waals surface area contributed by atoms with E-state index in [4.69, 9.17) is 11.6 Å². The van der Waals surface area contributed by atoms with E-state index in [2.05, 4.69) is 36.0 Å². The lowest BCUT2D eigenvalue weighted by Gasteiger charge is -2.19. The molecule has 0 aliphatic rings. The van der Waals surface area contributed by atoms with Crippen LogP contribution >= 0.6 is 11.6 Å². The average molecular weight is 251 g/mol. The molecule has 0 saturated heterocycles. The first kappa shape index (κ1) is 12.0. The van der Waals surface area contributed by atoms with Gasteiger partial charge in [-0.1, -0.05) is 20.8 Å². The maximum atomic E-state index is 6.12. The smallest absolute Gasteiger partial charge is 0.229 e.